The zero-order chi connectivity index (χ0) is 15.4. The van der Waals surface area contributed by atoms with Gasteiger partial charge in [0, 0.05) is 11.8 Å². The van der Waals surface area contributed by atoms with E-state index in [-0.39, 0.29) is 11.7 Å². The maximum absolute atomic E-state index is 12.8. The lowest BCUT2D eigenvalue weighted by Crippen LogP contribution is -2.07. The molecule has 0 radical (unpaired) electrons. The number of anilines is 1. The molecule has 108 valence electrons. The number of amides is 1. The van der Waals surface area contributed by atoms with Crippen LogP contribution in [0.25, 0.3) is 16.8 Å². The Bertz CT molecular complexity index is 832. The maximum atomic E-state index is 12.8. The molecule has 3 aromatic carbocycles. The van der Waals surface area contributed by atoms with Crippen molar-refractivity contribution in [2.24, 2.45) is 0 Å². The van der Waals surface area contributed by atoms with Crippen LogP contribution in [-0.2, 0) is 4.79 Å². The first-order valence-electron chi connectivity index (χ1n) is 6.95. The molecule has 0 saturated carbocycles. The fraction of sp³-hybridized carbons (Fsp3) is 0. The third kappa shape index (κ3) is 3.20. The maximum Gasteiger partial charge on any atom is 0.248 e. The van der Waals surface area contributed by atoms with Crippen molar-refractivity contribution in [3.63, 3.8) is 0 Å². The molecule has 1 N–H and O–H groups in total. The fourth-order valence-electron chi connectivity index (χ4n) is 2.28. The van der Waals surface area contributed by atoms with E-state index in [1.807, 2.05) is 42.5 Å². The quantitative estimate of drug-likeness (QED) is 0.700. The molecular formula is C19H14FNO. The molecule has 0 aliphatic rings. The summed E-state index contributed by atoms with van der Waals surface area (Å²) in [5, 5.41) is 4.92. The van der Waals surface area contributed by atoms with Crippen molar-refractivity contribution >= 4 is 28.4 Å². The van der Waals surface area contributed by atoms with Gasteiger partial charge in [0.2, 0.25) is 5.91 Å². The summed E-state index contributed by atoms with van der Waals surface area (Å²) in [7, 11) is 0. The lowest BCUT2D eigenvalue weighted by molar-refractivity contribution is -0.111. The van der Waals surface area contributed by atoms with Gasteiger partial charge < -0.3 is 5.32 Å². The summed E-state index contributed by atoms with van der Waals surface area (Å²) in [4.78, 5) is 11.9. The summed E-state index contributed by atoms with van der Waals surface area (Å²) in [6.07, 6.45) is 3.26. The highest BCUT2D eigenvalue weighted by atomic mass is 19.1. The Morgan fingerprint density at radius 2 is 1.64 bits per heavy atom. The molecule has 0 bridgehead atoms. The summed E-state index contributed by atoms with van der Waals surface area (Å²) >= 11 is 0. The van der Waals surface area contributed by atoms with Crippen LogP contribution in [0.2, 0.25) is 0 Å². The molecule has 22 heavy (non-hydrogen) atoms. The summed E-state index contributed by atoms with van der Waals surface area (Å²) in [6.45, 7) is 0. The zero-order valence-corrected chi connectivity index (χ0v) is 11.8. The molecule has 3 heteroatoms. The van der Waals surface area contributed by atoms with Gasteiger partial charge in [0.15, 0.2) is 0 Å². The Morgan fingerprint density at radius 3 is 2.45 bits per heavy atom. The van der Waals surface area contributed by atoms with Crippen molar-refractivity contribution in [2.75, 3.05) is 5.32 Å². The molecule has 3 aromatic rings. The van der Waals surface area contributed by atoms with Crippen molar-refractivity contribution in [1.82, 2.24) is 0 Å². The molecule has 2 nitrogen and oxygen atoms in total. The van der Waals surface area contributed by atoms with E-state index < -0.39 is 0 Å². The fourth-order valence-corrected chi connectivity index (χ4v) is 2.28. The highest BCUT2D eigenvalue weighted by Gasteiger charge is 2.00. The third-order valence-electron chi connectivity index (χ3n) is 3.35. The highest BCUT2D eigenvalue weighted by molar-refractivity contribution is 6.03. The largest absolute Gasteiger partial charge is 0.323 e. The second kappa shape index (κ2) is 6.22. The van der Waals surface area contributed by atoms with Gasteiger partial charge in [0.1, 0.15) is 5.82 Å². The van der Waals surface area contributed by atoms with Crippen LogP contribution in [0.5, 0.6) is 0 Å². The zero-order valence-electron chi connectivity index (χ0n) is 11.8. The molecule has 0 fully saturated rings. The number of hydrogen-bond donors (Lipinski definition) is 1. The van der Waals surface area contributed by atoms with Crippen LogP contribution in [0.3, 0.4) is 0 Å². The van der Waals surface area contributed by atoms with Gasteiger partial charge in [-0.2, -0.15) is 0 Å². The minimum absolute atomic E-state index is 0.250. The molecule has 3 rings (SSSR count). The molecule has 0 spiro atoms. The van der Waals surface area contributed by atoms with Gasteiger partial charge >= 0.3 is 0 Å². The Kier molecular flexibility index (Phi) is 3.97. The van der Waals surface area contributed by atoms with Gasteiger partial charge in [-0.05, 0) is 46.7 Å². The van der Waals surface area contributed by atoms with Crippen LogP contribution in [0, 0.1) is 5.82 Å². The number of halogens is 1. The summed E-state index contributed by atoms with van der Waals surface area (Å²) in [5.41, 5.74) is 1.54. The SMILES string of the molecule is O=C(/C=C/c1cccc2ccccc12)Nc1ccc(F)cc1. The van der Waals surface area contributed by atoms with Crippen LogP contribution >= 0.6 is 0 Å². The molecule has 0 unspecified atom stereocenters. The Hall–Kier alpha value is -2.94. The Morgan fingerprint density at radius 1 is 0.909 bits per heavy atom. The van der Waals surface area contributed by atoms with E-state index in [1.165, 1.54) is 30.3 Å². The Balaban J connectivity index is 1.78. The summed E-state index contributed by atoms with van der Waals surface area (Å²) in [6, 6.07) is 19.6. The second-order valence-electron chi connectivity index (χ2n) is 4.90. The third-order valence-corrected chi connectivity index (χ3v) is 3.35. The van der Waals surface area contributed by atoms with E-state index in [9.17, 15) is 9.18 Å². The van der Waals surface area contributed by atoms with Gasteiger partial charge in [-0.15, -0.1) is 0 Å². The van der Waals surface area contributed by atoms with E-state index in [2.05, 4.69) is 5.32 Å². The molecule has 0 aromatic heterocycles. The van der Waals surface area contributed by atoms with Gasteiger partial charge in [-0.3, -0.25) is 4.79 Å². The van der Waals surface area contributed by atoms with E-state index in [0.29, 0.717) is 5.69 Å². The van der Waals surface area contributed by atoms with Crippen molar-refractivity contribution in [3.8, 4) is 0 Å². The predicted molar refractivity (Wildman–Crippen MR) is 88.0 cm³/mol. The number of benzene rings is 3. The Labute approximate surface area is 127 Å². The topological polar surface area (TPSA) is 29.1 Å². The normalized spacial score (nSPS) is 11.0. The average molecular weight is 291 g/mol. The van der Waals surface area contributed by atoms with Crippen LogP contribution in [0.1, 0.15) is 5.56 Å². The first-order valence-corrected chi connectivity index (χ1v) is 6.95. The second-order valence-corrected chi connectivity index (χ2v) is 4.90. The number of carbonyl (C=O) groups excluding carboxylic acids is 1. The first kappa shape index (κ1) is 14.0. The molecule has 0 saturated heterocycles. The monoisotopic (exact) mass is 291 g/mol. The van der Waals surface area contributed by atoms with Crippen molar-refractivity contribution < 1.29 is 9.18 Å². The number of rotatable bonds is 3. The van der Waals surface area contributed by atoms with Crippen LogP contribution < -0.4 is 5.32 Å². The van der Waals surface area contributed by atoms with Gasteiger partial charge in [-0.1, -0.05) is 42.5 Å². The average Bonchev–Trinajstić information content (AvgIpc) is 2.55. The van der Waals surface area contributed by atoms with E-state index in [1.54, 1.807) is 6.08 Å². The van der Waals surface area contributed by atoms with Gasteiger partial charge in [-0.25, -0.2) is 4.39 Å². The highest BCUT2D eigenvalue weighted by Crippen LogP contribution is 2.19. The van der Waals surface area contributed by atoms with E-state index in [0.717, 1.165) is 16.3 Å². The minimum atomic E-state index is -0.329. The number of fused-ring (bicyclic) bond motifs is 1. The molecule has 1 amide bonds. The van der Waals surface area contributed by atoms with Gasteiger partial charge in [0.05, 0.1) is 0 Å². The van der Waals surface area contributed by atoms with Crippen LogP contribution in [-0.4, -0.2) is 5.91 Å². The predicted octanol–water partition coefficient (Wildman–Crippen LogP) is 4.63. The minimum Gasteiger partial charge on any atom is -0.323 e. The van der Waals surface area contributed by atoms with Gasteiger partial charge in [0.25, 0.3) is 0 Å². The van der Waals surface area contributed by atoms with Crippen LogP contribution in [0.15, 0.2) is 72.8 Å². The number of hydrogen-bond acceptors (Lipinski definition) is 1. The number of carbonyl (C=O) groups is 1. The van der Waals surface area contributed by atoms with Crippen LogP contribution in [0.4, 0.5) is 10.1 Å². The number of nitrogens with one attached hydrogen (secondary N) is 1. The molecule has 0 aliphatic heterocycles. The summed E-state index contributed by atoms with van der Waals surface area (Å²) in [5.74, 6) is -0.580. The molecule has 0 atom stereocenters. The summed E-state index contributed by atoms with van der Waals surface area (Å²) < 4.78 is 12.8. The molecule has 0 heterocycles. The standard InChI is InChI=1S/C19H14FNO/c20-16-9-11-17(12-10-16)21-19(22)13-8-15-6-3-5-14-4-1-2-7-18(14)15/h1-13H,(H,21,22)/b13-8+. The lowest BCUT2D eigenvalue weighted by Gasteiger charge is -2.03. The van der Waals surface area contributed by atoms with Crippen molar-refractivity contribution in [1.29, 1.82) is 0 Å². The smallest absolute Gasteiger partial charge is 0.248 e. The molecule has 0 aliphatic carbocycles. The first-order chi connectivity index (χ1) is 10.7. The van der Waals surface area contributed by atoms with E-state index >= 15 is 0 Å². The lowest BCUT2D eigenvalue weighted by atomic mass is 10.0. The van der Waals surface area contributed by atoms with Crippen molar-refractivity contribution in [2.45, 2.75) is 0 Å². The van der Waals surface area contributed by atoms with Crippen molar-refractivity contribution in [3.05, 3.63) is 84.2 Å². The van der Waals surface area contributed by atoms with E-state index in [4.69, 9.17) is 0 Å². The molecular weight excluding hydrogens is 277 g/mol.